The standard InChI is InChI=1S/C30H14BN3S/c1-3-15-7-11-18-19-12-8-17-10-14-23-30-26(17)28(19)33-27(18)24(15)20(5-1)32-21-6-2-4-16-9-13-22(35-23)29(25(16)21)34(30)31(32)33/h1-14H. The second-order valence-corrected chi connectivity index (χ2v) is 11.2. The first kappa shape index (κ1) is 16.5. The Hall–Kier alpha value is -4.09. The maximum atomic E-state index is 2.67. The van der Waals surface area contributed by atoms with Crippen LogP contribution in [-0.2, 0) is 0 Å². The van der Waals surface area contributed by atoms with E-state index in [2.05, 4.69) is 99.0 Å². The minimum Gasteiger partial charge on any atom is -0.344 e. The van der Waals surface area contributed by atoms with Crippen LogP contribution in [0.4, 0.5) is 22.7 Å². The van der Waals surface area contributed by atoms with Gasteiger partial charge >= 0.3 is 7.12 Å². The van der Waals surface area contributed by atoms with E-state index in [0.717, 1.165) is 0 Å². The lowest BCUT2D eigenvalue weighted by molar-refractivity contribution is 1.10. The number of hydrogen-bond acceptors (Lipinski definition) is 3. The molecule has 0 N–H and O–H groups in total. The van der Waals surface area contributed by atoms with Gasteiger partial charge in [0, 0.05) is 53.6 Å². The van der Waals surface area contributed by atoms with Crippen molar-refractivity contribution in [3.05, 3.63) is 84.9 Å². The Balaban J connectivity index is 1.55. The Kier molecular flexibility index (Phi) is 2.35. The zero-order valence-electron chi connectivity index (χ0n) is 18.4. The predicted molar refractivity (Wildman–Crippen MR) is 148 cm³/mol. The van der Waals surface area contributed by atoms with Crippen molar-refractivity contribution in [3.8, 4) is 0 Å². The lowest BCUT2D eigenvalue weighted by Crippen LogP contribution is -2.59. The Labute approximate surface area is 204 Å². The summed E-state index contributed by atoms with van der Waals surface area (Å²) in [5, 5.41) is 10.8. The van der Waals surface area contributed by atoms with E-state index in [9.17, 15) is 0 Å². The van der Waals surface area contributed by atoms with Crippen molar-refractivity contribution in [2.45, 2.75) is 9.79 Å². The molecule has 0 atom stereocenters. The van der Waals surface area contributed by atoms with E-state index in [1.165, 1.54) is 86.7 Å². The molecule has 5 heterocycles. The maximum absolute atomic E-state index is 2.67. The summed E-state index contributed by atoms with van der Waals surface area (Å²) in [5.41, 5.74) is 8.15. The summed E-state index contributed by atoms with van der Waals surface area (Å²) in [4.78, 5) is 7.99. The Morgan fingerprint density at radius 1 is 0.514 bits per heavy atom. The van der Waals surface area contributed by atoms with Crippen LogP contribution in [0.5, 0.6) is 0 Å². The Bertz CT molecular complexity index is 2230. The van der Waals surface area contributed by atoms with Crippen LogP contribution < -0.4 is 9.62 Å². The number of nitrogens with zero attached hydrogens (tertiary/aromatic N) is 3. The molecule has 0 spiro atoms. The summed E-state index contributed by atoms with van der Waals surface area (Å²) in [6.07, 6.45) is 0. The molecule has 0 fully saturated rings. The second-order valence-electron chi connectivity index (χ2n) is 10.2. The van der Waals surface area contributed by atoms with E-state index in [1.807, 2.05) is 11.8 Å². The first-order valence-corrected chi connectivity index (χ1v) is 13.0. The predicted octanol–water partition coefficient (Wildman–Crippen LogP) is 8.17. The van der Waals surface area contributed by atoms with Crippen LogP contribution >= 0.6 is 11.8 Å². The average molecular weight is 459 g/mol. The largest absolute Gasteiger partial charge is 0.519 e. The molecule has 0 bridgehead atoms. The van der Waals surface area contributed by atoms with Crippen molar-refractivity contribution < 1.29 is 0 Å². The number of aromatic nitrogens is 1. The van der Waals surface area contributed by atoms with E-state index < -0.39 is 0 Å². The summed E-state index contributed by atoms with van der Waals surface area (Å²) in [6.45, 7) is 0. The van der Waals surface area contributed by atoms with Crippen LogP contribution in [0, 0.1) is 0 Å². The minimum absolute atomic E-state index is 0.0508. The van der Waals surface area contributed by atoms with Crippen LogP contribution in [0.25, 0.3) is 54.1 Å². The van der Waals surface area contributed by atoms with Crippen molar-refractivity contribution >= 4 is 95.8 Å². The monoisotopic (exact) mass is 459 g/mol. The summed E-state index contributed by atoms with van der Waals surface area (Å²) in [6, 6.07) is 32.2. The van der Waals surface area contributed by atoms with Crippen molar-refractivity contribution in [1.29, 1.82) is 0 Å². The maximum Gasteiger partial charge on any atom is 0.519 e. The summed E-state index contributed by atoms with van der Waals surface area (Å²) in [5.74, 6) is 0. The third-order valence-electron chi connectivity index (χ3n) is 8.74. The van der Waals surface area contributed by atoms with Crippen molar-refractivity contribution in [2.75, 3.05) is 9.62 Å². The van der Waals surface area contributed by atoms with Crippen LogP contribution in [0.15, 0.2) is 94.7 Å². The number of fused-ring (bicyclic) bond motifs is 3. The van der Waals surface area contributed by atoms with E-state index in [1.54, 1.807) is 0 Å². The summed E-state index contributed by atoms with van der Waals surface area (Å²) >= 11 is 1.93. The van der Waals surface area contributed by atoms with Gasteiger partial charge in [-0.2, -0.15) is 0 Å². The molecule has 0 radical (unpaired) electrons. The minimum atomic E-state index is 0.0508. The second kappa shape index (κ2) is 4.97. The fourth-order valence-electron chi connectivity index (χ4n) is 7.53. The van der Waals surface area contributed by atoms with Crippen molar-refractivity contribution in [1.82, 2.24) is 4.48 Å². The molecule has 4 aliphatic heterocycles. The number of hydrogen-bond donors (Lipinski definition) is 0. The first-order chi connectivity index (χ1) is 17.4. The van der Waals surface area contributed by atoms with Gasteiger partial charge in [-0.15, -0.1) is 0 Å². The van der Waals surface area contributed by atoms with Gasteiger partial charge in [0.25, 0.3) is 0 Å². The first-order valence-electron chi connectivity index (χ1n) is 12.2. The van der Waals surface area contributed by atoms with Crippen molar-refractivity contribution in [3.63, 3.8) is 0 Å². The van der Waals surface area contributed by atoms with Gasteiger partial charge in [0.05, 0.1) is 16.9 Å². The smallest absolute Gasteiger partial charge is 0.344 e. The summed E-state index contributed by atoms with van der Waals surface area (Å²) < 4.78 is 2.66. The fourth-order valence-corrected chi connectivity index (χ4v) is 8.64. The van der Waals surface area contributed by atoms with Crippen LogP contribution in [0.3, 0.4) is 0 Å². The molecule has 5 heteroatoms. The van der Waals surface area contributed by atoms with Gasteiger partial charge in [0.1, 0.15) is 0 Å². The Morgan fingerprint density at radius 2 is 1.09 bits per heavy atom. The quantitative estimate of drug-likeness (QED) is 0.212. The molecular formula is C30H14BN3S. The molecule has 158 valence electrons. The molecule has 7 aromatic rings. The van der Waals surface area contributed by atoms with E-state index in [0.29, 0.717) is 0 Å². The van der Waals surface area contributed by atoms with Gasteiger partial charge in [-0.05, 0) is 40.4 Å². The van der Waals surface area contributed by atoms with Gasteiger partial charge in [-0.3, -0.25) is 0 Å². The molecular weight excluding hydrogens is 445 g/mol. The highest BCUT2D eigenvalue weighted by atomic mass is 32.2. The van der Waals surface area contributed by atoms with Gasteiger partial charge in [0.15, 0.2) is 0 Å². The topological polar surface area (TPSA) is 11.4 Å². The molecule has 0 unspecified atom stereocenters. The van der Waals surface area contributed by atoms with Gasteiger partial charge < -0.3 is 14.1 Å². The van der Waals surface area contributed by atoms with Crippen LogP contribution in [0.1, 0.15) is 0 Å². The van der Waals surface area contributed by atoms with Crippen LogP contribution in [-0.4, -0.2) is 11.6 Å². The van der Waals surface area contributed by atoms with Gasteiger partial charge in [-0.1, -0.05) is 72.4 Å². The highest BCUT2D eigenvalue weighted by Crippen LogP contribution is 2.62. The summed E-state index contributed by atoms with van der Waals surface area (Å²) in [7, 11) is 0.0508. The number of anilines is 4. The number of benzene rings is 6. The fraction of sp³-hybridized carbons (Fsp3) is 0. The third kappa shape index (κ3) is 1.52. The molecule has 4 aliphatic rings. The average Bonchev–Trinajstić information content (AvgIpc) is 3.26. The van der Waals surface area contributed by atoms with Gasteiger partial charge in [0.2, 0.25) is 0 Å². The third-order valence-corrected chi connectivity index (χ3v) is 9.83. The Morgan fingerprint density at radius 3 is 1.83 bits per heavy atom. The molecule has 1 aromatic heterocycles. The molecule has 0 saturated heterocycles. The zero-order chi connectivity index (χ0) is 22.2. The molecule has 35 heavy (non-hydrogen) atoms. The van der Waals surface area contributed by atoms with E-state index >= 15 is 0 Å². The highest BCUT2D eigenvalue weighted by Gasteiger charge is 2.51. The molecule has 0 saturated carbocycles. The SMILES string of the molecule is c1cc2c3c4c(ccc3c1)Sc1ccc3ccc5c6ccc7cccc8c7c6n6c5c3c1N4B6N28. The molecule has 0 amide bonds. The lowest BCUT2D eigenvalue weighted by Gasteiger charge is -2.50. The normalized spacial score (nSPS) is 15.7. The molecule has 11 rings (SSSR count). The molecule has 6 aromatic carbocycles. The van der Waals surface area contributed by atoms with Gasteiger partial charge in [-0.25, -0.2) is 0 Å². The lowest BCUT2D eigenvalue weighted by atomic mass is 9.73. The molecule has 0 aliphatic carbocycles. The van der Waals surface area contributed by atoms with E-state index in [4.69, 9.17) is 0 Å². The van der Waals surface area contributed by atoms with E-state index in [-0.39, 0.29) is 7.12 Å². The molecule has 3 nitrogen and oxygen atoms in total. The highest BCUT2D eigenvalue weighted by molar-refractivity contribution is 7.99. The zero-order valence-corrected chi connectivity index (χ0v) is 19.2. The van der Waals surface area contributed by atoms with Crippen LogP contribution in [0.2, 0.25) is 0 Å². The number of rotatable bonds is 0. The van der Waals surface area contributed by atoms with Crippen molar-refractivity contribution in [2.24, 2.45) is 0 Å².